The second kappa shape index (κ2) is 11.8. The van der Waals surface area contributed by atoms with Gasteiger partial charge in [-0.25, -0.2) is 4.79 Å². The highest BCUT2D eigenvalue weighted by atomic mass is 35.5. The molecule has 0 aromatic heterocycles. The van der Waals surface area contributed by atoms with E-state index in [1.54, 1.807) is 34.9 Å². The highest BCUT2D eigenvalue weighted by Crippen LogP contribution is 2.29. The molecule has 0 unspecified atom stereocenters. The van der Waals surface area contributed by atoms with Crippen LogP contribution in [0.4, 0.5) is 10.5 Å². The number of nitrogens with zero attached hydrogens (tertiary/aromatic N) is 2. The Hall–Kier alpha value is -3.06. The van der Waals surface area contributed by atoms with Crippen LogP contribution in [0.2, 0.25) is 5.02 Å². The molecule has 0 saturated heterocycles. The predicted molar refractivity (Wildman–Crippen MR) is 141 cm³/mol. The zero-order valence-electron chi connectivity index (χ0n) is 21.5. The van der Waals surface area contributed by atoms with Crippen LogP contribution in [0, 0.1) is 0 Å². The number of aromatic hydroxyl groups is 1. The van der Waals surface area contributed by atoms with Crippen LogP contribution in [0.3, 0.4) is 0 Å². The van der Waals surface area contributed by atoms with Gasteiger partial charge in [-0.15, -0.1) is 0 Å². The fourth-order valence-corrected chi connectivity index (χ4v) is 4.52. The number of carbonyl (C=O) groups excluding carboxylic acids is 3. The minimum Gasteiger partial charge on any atom is -0.508 e. The molecule has 3 rings (SSSR count). The average molecular weight is 515 g/mol. The Labute approximate surface area is 218 Å². The molecule has 1 aliphatic rings. The Morgan fingerprint density at radius 3 is 2.50 bits per heavy atom. The van der Waals surface area contributed by atoms with Crippen LogP contribution in [-0.2, 0) is 22.4 Å². The van der Waals surface area contributed by atoms with Crippen molar-refractivity contribution in [2.24, 2.45) is 0 Å². The average Bonchev–Trinajstić information content (AvgIpc) is 3.22. The van der Waals surface area contributed by atoms with Crippen molar-refractivity contribution in [1.29, 1.82) is 0 Å². The predicted octanol–water partition coefficient (Wildman–Crippen LogP) is 5.79. The summed E-state index contributed by atoms with van der Waals surface area (Å²) in [5, 5.41) is 10.0. The third-order valence-electron chi connectivity index (χ3n) is 6.10. The molecule has 1 N–H and O–H groups in total. The lowest BCUT2D eigenvalue weighted by Gasteiger charge is -2.27. The first-order valence-electron chi connectivity index (χ1n) is 12.3. The lowest BCUT2D eigenvalue weighted by molar-refractivity contribution is -0.116. The Balaban J connectivity index is 1.55. The molecule has 0 fully saturated rings. The van der Waals surface area contributed by atoms with Crippen LogP contribution >= 0.6 is 11.6 Å². The van der Waals surface area contributed by atoms with Gasteiger partial charge in [0.2, 0.25) is 5.91 Å². The van der Waals surface area contributed by atoms with Crippen LogP contribution in [0.1, 0.15) is 68.4 Å². The number of benzene rings is 2. The summed E-state index contributed by atoms with van der Waals surface area (Å²) in [5.41, 5.74) is 2.79. The Bertz CT molecular complexity index is 1130. The van der Waals surface area contributed by atoms with E-state index in [1.807, 2.05) is 32.9 Å². The minimum absolute atomic E-state index is 0.00931. The van der Waals surface area contributed by atoms with Crippen LogP contribution in [0.15, 0.2) is 36.4 Å². The standard InChI is InChI=1S/C28H35ClN2O5/c1-19(32)31-16-13-21-17-22(9-11-25(21)31)26(34)7-5-6-14-30(27(35)36-28(2,3)4)15-12-20-8-10-23(33)18-24(20)29/h8-11,17-18,33H,5-7,12-16H2,1-4H3. The Kier molecular flexibility index (Phi) is 9.01. The second-order valence-corrected chi connectivity index (χ2v) is 10.5. The lowest BCUT2D eigenvalue weighted by Crippen LogP contribution is -2.38. The molecule has 0 radical (unpaired) electrons. The summed E-state index contributed by atoms with van der Waals surface area (Å²) in [7, 11) is 0. The summed E-state index contributed by atoms with van der Waals surface area (Å²) in [4.78, 5) is 40.7. The third kappa shape index (κ3) is 7.47. The van der Waals surface area contributed by atoms with E-state index in [0.717, 1.165) is 23.2 Å². The van der Waals surface area contributed by atoms with Gasteiger partial charge in [0.25, 0.3) is 0 Å². The first-order valence-corrected chi connectivity index (χ1v) is 12.7. The summed E-state index contributed by atoms with van der Waals surface area (Å²) in [6.07, 6.45) is 2.53. The normalized spacial score (nSPS) is 12.9. The van der Waals surface area contributed by atoms with Crippen molar-refractivity contribution in [1.82, 2.24) is 4.90 Å². The number of halogens is 1. The molecule has 2 aromatic carbocycles. The molecule has 7 nitrogen and oxygen atoms in total. The fourth-order valence-electron chi connectivity index (χ4n) is 4.25. The van der Waals surface area contributed by atoms with Gasteiger partial charge < -0.3 is 19.6 Å². The molecular weight excluding hydrogens is 480 g/mol. The highest BCUT2D eigenvalue weighted by molar-refractivity contribution is 6.31. The maximum Gasteiger partial charge on any atom is 0.410 e. The third-order valence-corrected chi connectivity index (χ3v) is 6.45. The summed E-state index contributed by atoms with van der Waals surface area (Å²) in [6, 6.07) is 10.3. The number of fused-ring (bicyclic) bond motifs is 1. The van der Waals surface area contributed by atoms with Crippen LogP contribution in [0.25, 0.3) is 0 Å². The molecule has 36 heavy (non-hydrogen) atoms. The zero-order valence-corrected chi connectivity index (χ0v) is 22.2. The fraction of sp³-hybridized carbons (Fsp3) is 0.464. The molecule has 0 atom stereocenters. The van der Waals surface area contributed by atoms with Crippen molar-refractivity contribution >= 4 is 35.1 Å². The van der Waals surface area contributed by atoms with Crippen LogP contribution in [0.5, 0.6) is 5.75 Å². The van der Waals surface area contributed by atoms with E-state index in [4.69, 9.17) is 16.3 Å². The molecule has 0 saturated carbocycles. The number of phenolic OH excluding ortho intramolecular Hbond substituents is 1. The van der Waals surface area contributed by atoms with Crippen molar-refractivity contribution in [2.75, 3.05) is 24.5 Å². The summed E-state index contributed by atoms with van der Waals surface area (Å²) < 4.78 is 5.57. The molecule has 194 valence electrons. The summed E-state index contributed by atoms with van der Waals surface area (Å²) in [6.45, 7) is 8.53. The smallest absolute Gasteiger partial charge is 0.410 e. The van der Waals surface area contributed by atoms with Gasteiger partial charge in [0.15, 0.2) is 5.78 Å². The van der Waals surface area contributed by atoms with Crippen molar-refractivity contribution < 1.29 is 24.2 Å². The summed E-state index contributed by atoms with van der Waals surface area (Å²) in [5.74, 6) is 0.158. The van der Waals surface area contributed by atoms with Crippen molar-refractivity contribution in [2.45, 2.75) is 65.4 Å². The number of phenols is 1. The first-order chi connectivity index (χ1) is 16.9. The largest absolute Gasteiger partial charge is 0.508 e. The number of anilines is 1. The van der Waals surface area contributed by atoms with Gasteiger partial charge in [0, 0.05) is 49.3 Å². The number of ether oxygens (including phenoxy) is 1. The number of carbonyl (C=O) groups is 3. The molecule has 1 heterocycles. The van der Waals surface area contributed by atoms with Crippen molar-refractivity contribution in [3.05, 3.63) is 58.1 Å². The molecule has 2 amide bonds. The van der Waals surface area contributed by atoms with E-state index in [1.165, 1.54) is 6.07 Å². The van der Waals surface area contributed by atoms with Gasteiger partial charge in [-0.05, 0) is 87.9 Å². The number of rotatable bonds is 9. The molecule has 0 bridgehead atoms. The van der Waals surface area contributed by atoms with Gasteiger partial charge >= 0.3 is 6.09 Å². The van der Waals surface area contributed by atoms with Gasteiger partial charge in [-0.2, -0.15) is 0 Å². The van der Waals surface area contributed by atoms with E-state index in [0.29, 0.717) is 55.9 Å². The van der Waals surface area contributed by atoms with Gasteiger partial charge in [0.05, 0.1) is 0 Å². The van der Waals surface area contributed by atoms with E-state index in [9.17, 15) is 19.5 Å². The van der Waals surface area contributed by atoms with E-state index >= 15 is 0 Å². The van der Waals surface area contributed by atoms with Crippen molar-refractivity contribution in [3.8, 4) is 5.75 Å². The molecule has 2 aromatic rings. The SMILES string of the molecule is CC(=O)N1CCc2cc(C(=O)CCCCN(CCc3ccc(O)cc3Cl)C(=O)OC(C)(C)C)ccc21. The van der Waals surface area contributed by atoms with Crippen molar-refractivity contribution in [3.63, 3.8) is 0 Å². The zero-order chi connectivity index (χ0) is 26.5. The number of unbranched alkanes of at least 4 members (excludes halogenated alkanes) is 1. The number of amides is 2. The molecule has 8 heteroatoms. The maximum absolute atomic E-state index is 12.8. The van der Waals surface area contributed by atoms with Gasteiger partial charge in [-0.1, -0.05) is 17.7 Å². The van der Waals surface area contributed by atoms with Gasteiger partial charge in [0.1, 0.15) is 11.4 Å². The Morgan fingerprint density at radius 1 is 1.08 bits per heavy atom. The Morgan fingerprint density at radius 2 is 1.83 bits per heavy atom. The first kappa shape index (κ1) is 27.5. The number of hydrogen-bond donors (Lipinski definition) is 1. The molecule has 1 aliphatic heterocycles. The second-order valence-electron chi connectivity index (χ2n) is 10.1. The minimum atomic E-state index is -0.618. The quantitative estimate of drug-likeness (QED) is 0.338. The topological polar surface area (TPSA) is 87.2 Å². The summed E-state index contributed by atoms with van der Waals surface area (Å²) >= 11 is 6.23. The molecule has 0 aliphatic carbocycles. The van der Waals surface area contributed by atoms with Gasteiger partial charge in [-0.3, -0.25) is 9.59 Å². The van der Waals surface area contributed by atoms with E-state index in [-0.39, 0.29) is 17.4 Å². The molecule has 0 spiro atoms. The number of hydrogen-bond acceptors (Lipinski definition) is 5. The lowest BCUT2D eigenvalue weighted by atomic mass is 10.0. The van der Waals surface area contributed by atoms with Crippen LogP contribution in [-0.4, -0.2) is 53.0 Å². The number of Topliss-reactive ketones (excluding diaryl/α,β-unsaturated/α-hetero) is 1. The number of ketones is 1. The van der Waals surface area contributed by atoms with Crippen LogP contribution < -0.4 is 4.90 Å². The highest BCUT2D eigenvalue weighted by Gasteiger charge is 2.24. The van der Waals surface area contributed by atoms with E-state index in [2.05, 4.69) is 0 Å². The maximum atomic E-state index is 12.8. The molecular formula is C28H35ClN2O5. The monoisotopic (exact) mass is 514 g/mol. The van der Waals surface area contributed by atoms with E-state index < -0.39 is 11.7 Å².